The van der Waals surface area contributed by atoms with Crippen LogP contribution in [0.3, 0.4) is 0 Å². The summed E-state index contributed by atoms with van der Waals surface area (Å²) in [7, 11) is 0. The molecule has 6 nitrogen and oxygen atoms in total. The Balaban J connectivity index is 1.43. The van der Waals surface area contributed by atoms with Gasteiger partial charge in [0.05, 0.1) is 11.7 Å². The molecule has 122 valence electrons. The van der Waals surface area contributed by atoms with E-state index in [2.05, 4.69) is 26.9 Å². The van der Waals surface area contributed by atoms with Gasteiger partial charge in [-0.25, -0.2) is 10.1 Å². The van der Waals surface area contributed by atoms with Gasteiger partial charge in [-0.1, -0.05) is 53.7 Å². The highest BCUT2D eigenvalue weighted by Gasteiger charge is 2.07. The normalized spacial score (nSPS) is 11.4. The molecule has 0 saturated heterocycles. The van der Waals surface area contributed by atoms with Gasteiger partial charge in [0.2, 0.25) is 0 Å². The molecule has 0 spiro atoms. The maximum absolute atomic E-state index is 12.0. The molecule has 1 amide bonds. The zero-order valence-electron chi connectivity index (χ0n) is 13.3. The van der Waals surface area contributed by atoms with Crippen LogP contribution < -0.4 is 5.43 Å². The molecule has 0 unspecified atom stereocenters. The van der Waals surface area contributed by atoms with E-state index in [1.807, 2.05) is 60.7 Å². The Bertz CT molecular complexity index is 1080. The molecule has 0 fully saturated rings. The van der Waals surface area contributed by atoms with Crippen molar-refractivity contribution in [2.24, 2.45) is 5.10 Å². The van der Waals surface area contributed by atoms with Crippen molar-refractivity contribution in [2.75, 3.05) is 0 Å². The molecule has 3 aromatic carbocycles. The van der Waals surface area contributed by atoms with Gasteiger partial charge in [-0.05, 0) is 34.5 Å². The second kappa shape index (κ2) is 6.52. The Morgan fingerprint density at radius 2 is 1.84 bits per heavy atom. The van der Waals surface area contributed by atoms with Gasteiger partial charge in [0.25, 0.3) is 5.91 Å². The van der Waals surface area contributed by atoms with Crippen LogP contribution in [0.25, 0.3) is 21.8 Å². The fraction of sp³-hybridized carbons (Fsp3) is 0.0526. The van der Waals surface area contributed by atoms with Crippen molar-refractivity contribution >= 4 is 33.9 Å². The minimum atomic E-state index is -0.257. The Morgan fingerprint density at radius 1 is 1.04 bits per heavy atom. The minimum absolute atomic E-state index is 0.0651. The maximum atomic E-state index is 12.0. The highest BCUT2D eigenvalue weighted by molar-refractivity contribution is 5.91. The summed E-state index contributed by atoms with van der Waals surface area (Å²) in [5.41, 5.74) is 5.02. The van der Waals surface area contributed by atoms with E-state index in [9.17, 15) is 4.79 Å². The molecule has 4 rings (SSSR count). The van der Waals surface area contributed by atoms with Crippen LogP contribution in [-0.4, -0.2) is 27.1 Å². The predicted molar refractivity (Wildman–Crippen MR) is 97.2 cm³/mol. The van der Waals surface area contributed by atoms with Gasteiger partial charge in [-0.15, -0.1) is 5.10 Å². The van der Waals surface area contributed by atoms with Crippen molar-refractivity contribution < 1.29 is 4.79 Å². The molecule has 0 aliphatic heterocycles. The third kappa shape index (κ3) is 3.23. The molecule has 0 bridgehead atoms. The number of benzene rings is 3. The lowest BCUT2D eigenvalue weighted by Gasteiger charge is -2.01. The SMILES string of the molecule is O=C(Cn1nnc2ccccc21)N/N=C/c1ccc2ccccc2c1. The van der Waals surface area contributed by atoms with Crippen LogP contribution in [0, 0.1) is 0 Å². The van der Waals surface area contributed by atoms with E-state index in [0.29, 0.717) is 0 Å². The first-order chi connectivity index (χ1) is 12.3. The van der Waals surface area contributed by atoms with Crippen LogP contribution in [0.2, 0.25) is 0 Å². The molecule has 6 heteroatoms. The van der Waals surface area contributed by atoms with Gasteiger partial charge in [-0.2, -0.15) is 5.10 Å². The number of nitrogens with one attached hydrogen (secondary N) is 1. The molecule has 0 aliphatic carbocycles. The number of amides is 1. The van der Waals surface area contributed by atoms with Crippen LogP contribution in [0.4, 0.5) is 0 Å². The van der Waals surface area contributed by atoms with Crippen molar-refractivity contribution in [2.45, 2.75) is 6.54 Å². The van der Waals surface area contributed by atoms with Gasteiger partial charge < -0.3 is 0 Å². The summed E-state index contributed by atoms with van der Waals surface area (Å²) < 4.78 is 1.55. The first kappa shape index (κ1) is 15.0. The highest BCUT2D eigenvalue weighted by atomic mass is 16.2. The third-order valence-corrected chi connectivity index (χ3v) is 3.89. The number of hydrogen-bond acceptors (Lipinski definition) is 4. The lowest BCUT2D eigenvalue weighted by molar-refractivity contribution is -0.121. The Morgan fingerprint density at radius 3 is 2.76 bits per heavy atom. The first-order valence-electron chi connectivity index (χ1n) is 7.88. The van der Waals surface area contributed by atoms with Gasteiger partial charge in [-0.3, -0.25) is 4.79 Å². The summed E-state index contributed by atoms with van der Waals surface area (Å²) in [5, 5.41) is 14.3. The van der Waals surface area contributed by atoms with Gasteiger partial charge in [0, 0.05) is 0 Å². The van der Waals surface area contributed by atoms with E-state index in [-0.39, 0.29) is 12.5 Å². The molecule has 0 saturated carbocycles. The summed E-state index contributed by atoms with van der Waals surface area (Å²) >= 11 is 0. The zero-order valence-corrected chi connectivity index (χ0v) is 13.3. The smallest absolute Gasteiger partial charge is 0.261 e. The number of carbonyl (C=O) groups is 1. The molecule has 0 radical (unpaired) electrons. The van der Waals surface area contributed by atoms with Crippen molar-refractivity contribution in [3.8, 4) is 0 Å². The van der Waals surface area contributed by atoms with Crippen LogP contribution in [0.1, 0.15) is 5.56 Å². The highest BCUT2D eigenvalue weighted by Crippen LogP contribution is 2.14. The van der Waals surface area contributed by atoms with Crippen LogP contribution in [0.5, 0.6) is 0 Å². The number of aromatic nitrogens is 3. The van der Waals surface area contributed by atoms with Gasteiger partial charge in [0.1, 0.15) is 12.1 Å². The van der Waals surface area contributed by atoms with Gasteiger partial charge in [0.15, 0.2) is 0 Å². The minimum Gasteiger partial charge on any atom is -0.271 e. The summed E-state index contributed by atoms with van der Waals surface area (Å²) in [6.45, 7) is 0.0651. The number of fused-ring (bicyclic) bond motifs is 2. The average molecular weight is 329 g/mol. The molecule has 1 heterocycles. The molecular formula is C19H15N5O. The molecule has 0 atom stereocenters. The predicted octanol–water partition coefficient (Wildman–Crippen LogP) is 2.73. The Kier molecular flexibility index (Phi) is 3.92. The summed E-state index contributed by atoms with van der Waals surface area (Å²) in [6, 6.07) is 21.6. The monoisotopic (exact) mass is 329 g/mol. The number of rotatable bonds is 4. The van der Waals surface area contributed by atoms with Crippen LogP contribution >= 0.6 is 0 Å². The van der Waals surface area contributed by atoms with Crippen molar-refractivity contribution in [3.63, 3.8) is 0 Å². The third-order valence-electron chi connectivity index (χ3n) is 3.89. The average Bonchev–Trinajstić information content (AvgIpc) is 3.05. The zero-order chi connectivity index (χ0) is 17.1. The van der Waals surface area contributed by atoms with Crippen LogP contribution in [0.15, 0.2) is 71.8 Å². The molecule has 1 N–H and O–H groups in total. The van der Waals surface area contributed by atoms with Crippen molar-refractivity contribution in [1.29, 1.82) is 0 Å². The number of nitrogens with zero attached hydrogens (tertiary/aromatic N) is 4. The topological polar surface area (TPSA) is 72.2 Å². The van der Waals surface area contributed by atoms with Gasteiger partial charge >= 0.3 is 0 Å². The van der Waals surface area contributed by atoms with Crippen molar-refractivity contribution in [3.05, 3.63) is 72.3 Å². The quantitative estimate of drug-likeness (QED) is 0.462. The molecule has 4 aromatic rings. The van der Waals surface area contributed by atoms with E-state index in [1.54, 1.807) is 10.9 Å². The molecular weight excluding hydrogens is 314 g/mol. The Hall–Kier alpha value is -3.54. The molecule has 25 heavy (non-hydrogen) atoms. The summed E-state index contributed by atoms with van der Waals surface area (Å²) in [4.78, 5) is 12.0. The van der Waals surface area contributed by atoms with E-state index in [4.69, 9.17) is 0 Å². The lowest BCUT2D eigenvalue weighted by atomic mass is 10.1. The first-order valence-corrected chi connectivity index (χ1v) is 7.88. The number of para-hydroxylation sites is 1. The standard InChI is InChI=1S/C19H15N5O/c25-19(13-24-18-8-4-3-7-17(18)21-23-24)22-20-12-14-9-10-15-5-1-2-6-16(15)11-14/h1-12H,13H2,(H,22,25)/b20-12+. The lowest BCUT2D eigenvalue weighted by Crippen LogP contribution is -2.23. The second-order valence-corrected chi connectivity index (χ2v) is 5.64. The van der Waals surface area contributed by atoms with Crippen LogP contribution in [-0.2, 0) is 11.3 Å². The number of carbonyl (C=O) groups excluding carboxylic acids is 1. The van der Waals surface area contributed by atoms with E-state index < -0.39 is 0 Å². The number of hydrazone groups is 1. The fourth-order valence-corrected chi connectivity index (χ4v) is 2.67. The molecule has 0 aliphatic rings. The fourth-order valence-electron chi connectivity index (χ4n) is 2.67. The molecule has 1 aromatic heterocycles. The largest absolute Gasteiger partial charge is 0.271 e. The number of hydrogen-bond donors (Lipinski definition) is 1. The summed E-state index contributed by atoms with van der Waals surface area (Å²) in [6.07, 6.45) is 1.63. The van der Waals surface area contributed by atoms with E-state index in [1.165, 1.54) is 5.39 Å². The van der Waals surface area contributed by atoms with E-state index in [0.717, 1.165) is 22.0 Å². The summed E-state index contributed by atoms with van der Waals surface area (Å²) in [5.74, 6) is -0.257. The van der Waals surface area contributed by atoms with Crippen molar-refractivity contribution in [1.82, 2.24) is 20.4 Å². The Labute approximate surface area is 143 Å². The maximum Gasteiger partial charge on any atom is 0.261 e. The second-order valence-electron chi connectivity index (χ2n) is 5.64. The van der Waals surface area contributed by atoms with E-state index >= 15 is 0 Å².